The van der Waals surface area contributed by atoms with Crippen LogP contribution in [0, 0.1) is 0 Å². The predicted octanol–water partition coefficient (Wildman–Crippen LogP) is 4.68. The minimum atomic E-state index is 0.0171. The molecule has 3 rings (SSSR count). The molecule has 0 unspecified atom stereocenters. The zero-order valence-corrected chi connectivity index (χ0v) is 14.7. The van der Waals surface area contributed by atoms with Gasteiger partial charge in [-0.15, -0.1) is 0 Å². The molecule has 0 aromatic heterocycles. The lowest BCUT2D eigenvalue weighted by atomic mass is 9.98. The van der Waals surface area contributed by atoms with Gasteiger partial charge in [0.1, 0.15) is 0 Å². The lowest BCUT2D eigenvalue weighted by molar-refractivity contribution is 0.371. The maximum absolute atomic E-state index is 5.73. The SMILES string of the molecule is C[C@@H]1CC(C)(C)N(c2ccccc2)N1C(=S)Nc1ccccc1. The van der Waals surface area contributed by atoms with E-state index >= 15 is 0 Å². The second kappa shape index (κ2) is 6.20. The summed E-state index contributed by atoms with van der Waals surface area (Å²) < 4.78 is 0. The molecule has 1 N–H and O–H groups in total. The number of anilines is 2. The number of para-hydroxylation sites is 2. The highest BCUT2D eigenvalue weighted by molar-refractivity contribution is 7.80. The molecule has 0 saturated carbocycles. The average Bonchev–Trinajstić information content (AvgIpc) is 2.78. The third kappa shape index (κ3) is 3.17. The number of nitrogens with zero attached hydrogens (tertiary/aromatic N) is 2. The highest BCUT2D eigenvalue weighted by Crippen LogP contribution is 2.38. The van der Waals surface area contributed by atoms with E-state index in [0.717, 1.165) is 17.2 Å². The summed E-state index contributed by atoms with van der Waals surface area (Å²) in [7, 11) is 0. The van der Waals surface area contributed by atoms with Gasteiger partial charge in [0.15, 0.2) is 5.11 Å². The number of hydrogen-bond donors (Lipinski definition) is 1. The monoisotopic (exact) mass is 325 g/mol. The van der Waals surface area contributed by atoms with Crippen molar-refractivity contribution in [1.82, 2.24) is 5.01 Å². The summed E-state index contributed by atoms with van der Waals surface area (Å²) in [5, 5.41) is 8.62. The lowest BCUT2D eigenvalue weighted by Crippen LogP contribution is -2.52. The van der Waals surface area contributed by atoms with E-state index in [4.69, 9.17) is 12.2 Å². The predicted molar refractivity (Wildman–Crippen MR) is 102 cm³/mol. The van der Waals surface area contributed by atoms with Gasteiger partial charge in [-0.2, -0.15) is 0 Å². The molecule has 4 heteroatoms. The summed E-state index contributed by atoms with van der Waals surface area (Å²) in [6.45, 7) is 6.76. The van der Waals surface area contributed by atoms with E-state index in [1.807, 2.05) is 36.4 Å². The van der Waals surface area contributed by atoms with E-state index in [2.05, 4.69) is 60.4 Å². The molecule has 0 spiro atoms. The Morgan fingerprint density at radius 3 is 2.22 bits per heavy atom. The van der Waals surface area contributed by atoms with Crippen LogP contribution >= 0.6 is 12.2 Å². The molecule has 0 radical (unpaired) electrons. The highest BCUT2D eigenvalue weighted by atomic mass is 32.1. The summed E-state index contributed by atoms with van der Waals surface area (Å²) in [5.74, 6) is 0. The third-order valence-electron chi connectivity index (χ3n) is 4.24. The Kier molecular flexibility index (Phi) is 4.26. The number of hydrogen-bond acceptors (Lipinski definition) is 2. The molecular formula is C19H23N3S. The molecule has 0 bridgehead atoms. The average molecular weight is 325 g/mol. The van der Waals surface area contributed by atoms with Crippen LogP contribution in [0.4, 0.5) is 11.4 Å². The second-order valence-corrected chi connectivity index (χ2v) is 7.04. The van der Waals surface area contributed by atoms with Gasteiger partial charge in [-0.25, -0.2) is 0 Å². The van der Waals surface area contributed by atoms with E-state index in [1.165, 1.54) is 5.69 Å². The van der Waals surface area contributed by atoms with E-state index in [1.54, 1.807) is 0 Å². The van der Waals surface area contributed by atoms with E-state index in [9.17, 15) is 0 Å². The van der Waals surface area contributed by atoms with Crippen LogP contribution < -0.4 is 10.3 Å². The molecule has 1 atom stereocenters. The van der Waals surface area contributed by atoms with Crippen LogP contribution in [0.2, 0.25) is 0 Å². The number of rotatable bonds is 2. The van der Waals surface area contributed by atoms with Crippen LogP contribution in [-0.4, -0.2) is 21.7 Å². The normalized spacial score (nSPS) is 19.7. The Bertz CT molecular complexity index is 670. The van der Waals surface area contributed by atoms with Crippen molar-refractivity contribution in [2.24, 2.45) is 0 Å². The summed E-state index contributed by atoms with van der Waals surface area (Å²) in [6.07, 6.45) is 1.05. The Morgan fingerprint density at radius 1 is 1.04 bits per heavy atom. The third-order valence-corrected chi connectivity index (χ3v) is 4.52. The first-order chi connectivity index (χ1) is 11.0. The van der Waals surface area contributed by atoms with Gasteiger partial charge in [-0.05, 0) is 63.7 Å². The van der Waals surface area contributed by atoms with Crippen molar-refractivity contribution in [3.63, 3.8) is 0 Å². The van der Waals surface area contributed by atoms with Crippen molar-refractivity contribution in [2.45, 2.75) is 38.8 Å². The van der Waals surface area contributed by atoms with Crippen LogP contribution in [0.15, 0.2) is 60.7 Å². The van der Waals surface area contributed by atoms with Gasteiger partial charge >= 0.3 is 0 Å². The Labute approximate surface area is 143 Å². The fourth-order valence-electron chi connectivity index (χ4n) is 3.42. The van der Waals surface area contributed by atoms with E-state index < -0.39 is 0 Å². The van der Waals surface area contributed by atoms with Gasteiger partial charge in [0.2, 0.25) is 0 Å². The quantitative estimate of drug-likeness (QED) is 0.808. The topological polar surface area (TPSA) is 18.5 Å². The Morgan fingerprint density at radius 2 is 1.61 bits per heavy atom. The first-order valence-electron chi connectivity index (χ1n) is 7.99. The van der Waals surface area contributed by atoms with Crippen molar-refractivity contribution in [3.8, 4) is 0 Å². The first-order valence-corrected chi connectivity index (χ1v) is 8.40. The molecule has 1 aliphatic rings. The zero-order valence-electron chi connectivity index (χ0n) is 13.9. The van der Waals surface area contributed by atoms with E-state index in [-0.39, 0.29) is 5.54 Å². The van der Waals surface area contributed by atoms with Gasteiger partial charge < -0.3 is 5.32 Å². The molecule has 3 nitrogen and oxygen atoms in total. The zero-order chi connectivity index (χ0) is 16.4. The van der Waals surface area contributed by atoms with Crippen LogP contribution in [0.25, 0.3) is 0 Å². The van der Waals surface area contributed by atoms with Crippen molar-refractivity contribution in [2.75, 3.05) is 10.3 Å². The number of nitrogens with one attached hydrogen (secondary N) is 1. The van der Waals surface area contributed by atoms with Crippen LogP contribution in [0.1, 0.15) is 27.2 Å². The standard InChI is InChI=1S/C19H23N3S/c1-15-14-19(2,3)22(17-12-8-5-9-13-17)21(15)18(23)20-16-10-6-4-7-11-16/h4-13,15H,14H2,1-3H3,(H,20,23)/t15-/m1/s1. The molecule has 1 saturated heterocycles. The molecule has 0 aliphatic carbocycles. The van der Waals surface area contributed by atoms with Gasteiger partial charge in [-0.1, -0.05) is 36.4 Å². The number of hydrazine groups is 1. The maximum atomic E-state index is 5.73. The Balaban J connectivity index is 1.90. The minimum Gasteiger partial charge on any atom is -0.331 e. The largest absolute Gasteiger partial charge is 0.331 e. The summed E-state index contributed by atoms with van der Waals surface area (Å²) in [5.41, 5.74) is 2.20. The number of thiocarbonyl (C=S) groups is 1. The molecule has 1 fully saturated rings. The smallest absolute Gasteiger partial charge is 0.192 e. The van der Waals surface area contributed by atoms with Gasteiger partial charge in [0, 0.05) is 5.69 Å². The van der Waals surface area contributed by atoms with Crippen molar-refractivity contribution >= 4 is 28.7 Å². The lowest BCUT2D eigenvalue weighted by Gasteiger charge is -2.40. The number of benzene rings is 2. The summed E-state index contributed by atoms with van der Waals surface area (Å²) >= 11 is 5.73. The van der Waals surface area contributed by atoms with Crippen molar-refractivity contribution < 1.29 is 0 Å². The van der Waals surface area contributed by atoms with Crippen LogP contribution in [0.5, 0.6) is 0 Å². The van der Waals surface area contributed by atoms with Crippen molar-refractivity contribution in [3.05, 3.63) is 60.7 Å². The van der Waals surface area contributed by atoms with Gasteiger partial charge in [0.25, 0.3) is 0 Å². The summed E-state index contributed by atoms with van der Waals surface area (Å²) in [6, 6.07) is 20.9. The van der Waals surface area contributed by atoms with Gasteiger partial charge in [0.05, 0.1) is 17.3 Å². The molecular weight excluding hydrogens is 302 g/mol. The molecule has 2 aromatic rings. The molecule has 1 heterocycles. The van der Waals surface area contributed by atoms with Crippen molar-refractivity contribution in [1.29, 1.82) is 0 Å². The van der Waals surface area contributed by atoms with Crippen LogP contribution in [-0.2, 0) is 0 Å². The molecule has 23 heavy (non-hydrogen) atoms. The second-order valence-electron chi connectivity index (χ2n) is 6.65. The first kappa shape index (κ1) is 15.8. The molecule has 0 amide bonds. The molecule has 120 valence electrons. The minimum absolute atomic E-state index is 0.0171. The van der Waals surface area contributed by atoms with Gasteiger partial charge in [-0.3, -0.25) is 10.0 Å². The maximum Gasteiger partial charge on any atom is 0.192 e. The molecule has 2 aromatic carbocycles. The summed E-state index contributed by atoms with van der Waals surface area (Å²) in [4.78, 5) is 0. The highest BCUT2D eigenvalue weighted by Gasteiger charge is 2.44. The fraction of sp³-hybridized carbons (Fsp3) is 0.316. The fourth-order valence-corrected chi connectivity index (χ4v) is 3.80. The molecule has 1 aliphatic heterocycles. The van der Waals surface area contributed by atoms with Crippen LogP contribution in [0.3, 0.4) is 0 Å². The Hall–Kier alpha value is -2.07. The van der Waals surface area contributed by atoms with E-state index in [0.29, 0.717) is 6.04 Å².